The summed E-state index contributed by atoms with van der Waals surface area (Å²) in [6.07, 6.45) is 20.0. The first-order valence-corrected chi connectivity index (χ1v) is 14.8. The van der Waals surface area contributed by atoms with Crippen molar-refractivity contribution < 1.29 is 17.9 Å². The molecule has 1 aliphatic heterocycles. The minimum Gasteiger partial charge on any atom is -0.372 e. The van der Waals surface area contributed by atoms with Gasteiger partial charge in [0, 0.05) is 11.8 Å². The van der Waals surface area contributed by atoms with E-state index in [1.165, 1.54) is 12.8 Å². The van der Waals surface area contributed by atoms with Crippen LogP contribution < -0.4 is 0 Å². The van der Waals surface area contributed by atoms with Crippen molar-refractivity contribution in [2.24, 2.45) is 41.4 Å². The molecule has 1 heterocycles. The van der Waals surface area contributed by atoms with Gasteiger partial charge >= 0.3 is 0 Å². The van der Waals surface area contributed by atoms with E-state index in [0.29, 0.717) is 23.8 Å². The topological polar surface area (TPSA) is 12.5 Å². The van der Waals surface area contributed by atoms with Crippen molar-refractivity contribution in [1.29, 1.82) is 0 Å². The van der Waals surface area contributed by atoms with Gasteiger partial charge in [-0.05, 0) is 112 Å². The van der Waals surface area contributed by atoms with Crippen LogP contribution in [0.25, 0.3) is 0 Å². The molecule has 1 nitrogen and oxygen atoms in total. The second kappa shape index (κ2) is 11.6. The van der Waals surface area contributed by atoms with E-state index in [2.05, 4.69) is 13.0 Å². The van der Waals surface area contributed by atoms with Crippen LogP contribution in [0.15, 0.2) is 35.2 Å². The van der Waals surface area contributed by atoms with Crippen molar-refractivity contribution in [2.45, 2.75) is 109 Å². The fourth-order valence-electron chi connectivity index (χ4n) is 7.84. The van der Waals surface area contributed by atoms with Gasteiger partial charge in [-0.25, -0.2) is 13.2 Å². The van der Waals surface area contributed by atoms with Gasteiger partial charge in [0.2, 0.25) is 0 Å². The van der Waals surface area contributed by atoms with Gasteiger partial charge in [0.1, 0.15) is 11.7 Å². The van der Waals surface area contributed by atoms with Gasteiger partial charge in [-0.2, -0.15) is 0 Å². The van der Waals surface area contributed by atoms with Crippen LogP contribution in [0, 0.1) is 41.4 Å². The van der Waals surface area contributed by atoms with Crippen molar-refractivity contribution in [3.63, 3.8) is 0 Å². The van der Waals surface area contributed by atoms with Crippen LogP contribution in [0.2, 0.25) is 0 Å². The Kier molecular flexibility index (Phi) is 8.47. The van der Waals surface area contributed by atoms with Crippen molar-refractivity contribution in [3.8, 4) is 0 Å². The van der Waals surface area contributed by atoms with Gasteiger partial charge in [-0.15, -0.1) is 0 Å². The molecule has 4 aliphatic carbocycles. The van der Waals surface area contributed by atoms with Crippen molar-refractivity contribution in [3.05, 3.63) is 35.2 Å². The lowest BCUT2D eigenvalue weighted by Crippen LogP contribution is -2.26. The second-order valence-corrected chi connectivity index (χ2v) is 12.4. The van der Waals surface area contributed by atoms with E-state index in [-0.39, 0.29) is 35.6 Å². The molecule has 196 valence electrons. The summed E-state index contributed by atoms with van der Waals surface area (Å²) >= 11 is 0. The van der Waals surface area contributed by atoms with Crippen LogP contribution in [0.1, 0.15) is 103 Å². The van der Waals surface area contributed by atoms with Gasteiger partial charge in [-0.3, -0.25) is 0 Å². The summed E-state index contributed by atoms with van der Waals surface area (Å²) in [6, 6.07) is 0. The fraction of sp³-hybridized carbons (Fsp3) is 0.806. The first-order valence-electron chi connectivity index (χ1n) is 14.8. The molecule has 4 atom stereocenters. The van der Waals surface area contributed by atoms with Crippen LogP contribution in [-0.2, 0) is 4.74 Å². The molecular weight excluding hydrogens is 445 g/mol. The van der Waals surface area contributed by atoms with Crippen molar-refractivity contribution >= 4 is 0 Å². The molecule has 3 fully saturated rings. The summed E-state index contributed by atoms with van der Waals surface area (Å²) in [5, 5.41) is 0. The third kappa shape index (κ3) is 6.11. The molecule has 4 heteroatoms. The highest BCUT2D eigenvalue weighted by atomic mass is 19.2. The van der Waals surface area contributed by atoms with Gasteiger partial charge in [0.25, 0.3) is 0 Å². The molecule has 4 unspecified atom stereocenters. The Bertz CT molecular complexity index is 809. The highest BCUT2D eigenvalue weighted by Gasteiger charge is 2.39. The van der Waals surface area contributed by atoms with E-state index in [1.807, 2.05) is 6.08 Å². The molecule has 0 N–H and O–H groups in total. The minimum atomic E-state index is -0.511. The lowest BCUT2D eigenvalue weighted by Gasteiger charge is -2.36. The maximum absolute atomic E-state index is 15.3. The van der Waals surface area contributed by atoms with E-state index in [1.54, 1.807) is 0 Å². The number of ether oxygens (including phenoxy) is 1. The SMILES string of the molecule is CCCC1CCC(C2=CCC(C3CCC(CCC4C=C(F)C(C5CO5)CC4)CC3)C(F)=C2F)CC1. The smallest absolute Gasteiger partial charge is 0.158 e. The quantitative estimate of drug-likeness (QED) is 0.309. The number of epoxide rings is 1. The van der Waals surface area contributed by atoms with Crippen molar-refractivity contribution in [1.82, 2.24) is 0 Å². The third-order valence-electron chi connectivity index (χ3n) is 10.2. The highest BCUT2D eigenvalue weighted by Crippen LogP contribution is 2.48. The maximum atomic E-state index is 15.3. The third-order valence-corrected chi connectivity index (χ3v) is 10.2. The van der Waals surface area contributed by atoms with Crippen molar-refractivity contribution in [2.75, 3.05) is 6.61 Å². The molecule has 0 bridgehead atoms. The summed E-state index contributed by atoms with van der Waals surface area (Å²) in [6.45, 7) is 2.95. The first kappa shape index (κ1) is 25.6. The monoisotopic (exact) mass is 490 g/mol. The van der Waals surface area contributed by atoms with Crippen LogP contribution in [0.4, 0.5) is 13.2 Å². The number of allylic oxidation sites excluding steroid dienone is 5. The summed E-state index contributed by atoms with van der Waals surface area (Å²) < 4.78 is 50.1. The summed E-state index contributed by atoms with van der Waals surface area (Å²) in [7, 11) is 0. The molecule has 5 aliphatic rings. The average molecular weight is 491 g/mol. The Hall–Kier alpha value is -1.03. The van der Waals surface area contributed by atoms with Crippen LogP contribution in [0.5, 0.6) is 0 Å². The highest BCUT2D eigenvalue weighted by molar-refractivity contribution is 5.35. The predicted molar refractivity (Wildman–Crippen MR) is 136 cm³/mol. The van der Waals surface area contributed by atoms with E-state index in [4.69, 9.17) is 4.74 Å². The molecule has 0 amide bonds. The van der Waals surface area contributed by atoms with E-state index in [0.717, 1.165) is 89.6 Å². The maximum Gasteiger partial charge on any atom is 0.158 e. The zero-order chi connectivity index (χ0) is 24.4. The van der Waals surface area contributed by atoms with E-state index >= 15 is 8.78 Å². The minimum absolute atomic E-state index is 0.00572. The van der Waals surface area contributed by atoms with E-state index < -0.39 is 11.7 Å². The first-order chi connectivity index (χ1) is 17.0. The second-order valence-electron chi connectivity index (χ2n) is 12.4. The standard InChI is InChI=1S/C31H45F3O/c1-2-3-20-6-11-23(12-7-20)25-16-17-26(31(34)30(25)33)24-13-8-21(9-14-24)4-5-22-10-15-27(28(32)18-22)29-19-35-29/h16,18,20-24,26-27,29H,2-15,17,19H2,1H3. The molecule has 0 aromatic rings. The molecule has 0 aromatic heterocycles. The molecule has 0 radical (unpaired) electrons. The summed E-state index contributed by atoms with van der Waals surface area (Å²) in [5.41, 5.74) is 0.686. The van der Waals surface area contributed by atoms with Gasteiger partial charge in [0.05, 0.1) is 12.7 Å². The Morgan fingerprint density at radius 2 is 1.49 bits per heavy atom. The summed E-state index contributed by atoms with van der Waals surface area (Å²) in [4.78, 5) is 0. The normalized spacial score (nSPS) is 40.3. The average Bonchev–Trinajstić information content (AvgIpc) is 3.71. The zero-order valence-corrected chi connectivity index (χ0v) is 21.6. The molecule has 1 saturated heterocycles. The molecule has 0 spiro atoms. The Labute approximate surface area is 210 Å². The Morgan fingerprint density at radius 3 is 2.14 bits per heavy atom. The Balaban J connectivity index is 1.07. The van der Waals surface area contributed by atoms with Gasteiger partial charge in [-0.1, -0.05) is 38.7 Å². The lowest BCUT2D eigenvalue weighted by atomic mass is 9.69. The number of rotatable bonds is 8. The number of halogens is 3. The zero-order valence-electron chi connectivity index (χ0n) is 21.6. The fourth-order valence-corrected chi connectivity index (χ4v) is 7.84. The molecule has 35 heavy (non-hydrogen) atoms. The van der Waals surface area contributed by atoms with Crippen LogP contribution in [-0.4, -0.2) is 12.7 Å². The predicted octanol–water partition coefficient (Wildman–Crippen LogP) is 9.55. The molecule has 2 saturated carbocycles. The van der Waals surface area contributed by atoms with Gasteiger partial charge in [0.15, 0.2) is 5.83 Å². The van der Waals surface area contributed by atoms with Crippen LogP contribution in [0.3, 0.4) is 0 Å². The molecular formula is C31H45F3O. The number of hydrogen-bond acceptors (Lipinski definition) is 1. The molecule has 5 rings (SSSR count). The van der Waals surface area contributed by atoms with E-state index in [9.17, 15) is 4.39 Å². The summed E-state index contributed by atoms with van der Waals surface area (Å²) in [5.74, 6) is 1.12. The number of hydrogen-bond donors (Lipinski definition) is 0. The molecule has 0 aromatic carbocycles. The largest absolute Gasteiger partial charge is 0.372 e. The van der Waals surface area contributed by atoms with Gasteiger partial charge < -0.3 is 4.74 Å². The van der Waals surface area contributed by atoms with Crippen LogP contribution >= 0.6 is 0 Å². The Morgan fingerprint density at radius 1 is 0.800 bits per heavy atom. The lowest BCUT2D eigenvalue weighted by molar-refractivity contribution is 0.187.